The molecule has 8 heteroatoms. The smallest absolute Gasteiger partial charge is 0.243 e. The molecule has 0 saturated carbocycles. The fourth-order valence-electron chi connectivity index (χ4n) is 3.62. The molecule has 1 aromatic carbocycles. The van der Waals surface area contributed by atoms with Crippen molar-refractivity contribution >= 4 is 27.5 Å². The van der Waals surface area contributed by atoms with Crippen LogP contribution < -0.4 is 0 Å². The summed E-state index contributed by atoms with van der Waals surface area (Å²) < 4.78 is 27.0. The Balaban J connectivity index is 1.59. The molecule has 2 aliphatic rings. The molecule has 1 atom stereocenters. The van der Waals surface area contributed by atoms with Crippen LogP contribution in [-0.4, -0.2) is 73.7 Å². The molecule has 0 bridgehead atoms. The Morgan fingerprint density at radius 2 is 1.54 bits per heavy atom. The Labute approximate surface area is 160 Å². The lowest BCUT2D eigenvalue weighted by Gasteiger charge is -2.39. The summed E-state index contributed by atoms with van der Waals surface area (Å²) in [5.41, 5.74) is 0. The predicted molar refractivity (Wildman–Crippen MR) is 102 cm³/mol. The van der Waals surface area contributed by atoms with Crippen LogP contribution in [0.15, 0.2) is 29.2 Å². The second-order valence-electron chi connectivity index (χ2n) is 6.96. The first-order valence-electron chi connectivity index (χ1n) is 9.18. The quantitative estimate of drug-likeness (QED) is 0.777. The molecule has 2 fully saturated rings. The highest BCUT2D eigenvalue weighted by Gasteiger charge is 2.33. The summed E-state index contributed by atoms with van der Waals surface area (Å²) in [4.78, 5) is 17.0. The van der Waals surface area contributed by atoms with Crippen molar-refractivity contribution in [2.24, 2.45) is 0 Å². The molecule has 0 aliphatic carbocycles. The fraction of sp³-hybridized carbons (Fsp3) is 0.611. The highest BCUT2D eigenvalue weighted by atomic mass is 35.5. The third-order valence-electron chi connectivity index (χ3n) is 5.30. The molecule has 2 saturated heterocycles. The van der Waals surface area contributed by atoms with Crippen molar-refractivity contribution in [2.45, 2.75) is 37.1 Å². The Kier molecular flexibility index (Phi) is 6.22. The Hall–Kier alpha value is -1.15. The summed E-state index contributed by atoms with van der Waals surface area (Å²) in [5, 5.41) is 0.513. The van der Waals surface area contributed by atoms with E-state index in [1.54, 1.807) is 12.1 Å². The molecule has 3 rings (SSSR count). The number of carbonyl (C=O) groups is 1. The van der Waals surface area contributed by atoms with Gasteiger partial charge in [-0.05, 0) is 50.5 Å². The lowest BCUT2D eigenvalue weighted by atomic mass is 10.1. The molecule has 2 aliphatic heterocycles. The maximum Gasteiger partial charge on any atom is 0.243 e. The monoisotopic (exact) mass is 399 g/mol. The zero-order chi connectivity index (χ0) is 18.7. The van der Waals surface area contributed by atoms with E-state index < -0.39 is 10.0 Å². The van der Waals surface area contributed by atoms with Crippen LogP contribution in [0.3, 0.4) is 0 Å². The number of amides is 1. The van der Waals surface area contributed by atoms with Crippen LogP contribution in [0.4, 0.5) is 0 Å². The molecule has 0 radical (unpaired) electrons. The largest absolute Gasteiger partial charge is 0.341 e. The van der Waals surface area contributed by atoms with E-state index >= 15 is 0 Å². The maximum atomic E-state index is 12.7. The number of hydrogen-bond donors (Lipinski definition) is 0. The van der Waals surface area contributed by atoms with E-state index in [0.717, 1.165) is 25.9 Å². The molecule has 26 heavy (non-hydrogen) atoms. The van der Waals surface area contributed by atoms with Crippen LogP contribution in [0, 0.1) is 0 Å². The van der Waals surface area contributed by atoms with Crippen molar-refractivity contribution in [1.29, 1.82) is 0 Å². The summed E-state index contributed by atoms with van der Waals surface area (Å²) >= 11 is 5.84. The summed E-state index contributed by atoms with van der Waals surface area (Å²) in [7, 11) is -3.52. The van der Waals surface area contributed by atoms with Gasteiger partial charge in [0.05, 0.1) is 10.9 Å². The third kappa shape index (κ3) is 4.22. The summed E-state index contributed by atoms with van der Waals surface area (Å²) in [6.45, 7) is 5.52. The number of sulfonamides is 1. The van der Waals surface area contributed by atoms with E-state index in [4.69, 9.17) is 11.6 Å². The van der Waals surface area contributed by atoms with Gasteiger partial charge < -0.3 is 4.90 Å². The first-order chi connectivity index (χ1) is 12.4. The van der Waals surface area contributed by atoms with Gasteiger partial charge in [-0.2, -0.15) is 4.31 Å². The van der Waals surface area contributed by atoms with Gasteiger partial charge in [0.2, 0.25) is 15.9 Å². The maximum absolute atomic E-state index is 12.7. The van der Waals surface area contributed by atoms with Crippen LogP contribution in [-0.2, 0) is 14.8 Å². The Bertz CT molecular complexity index is 725. The zero-order valence-corrected chi connectivity index (χ0v) is 16.7. The molecule has 6 nitrogen and oxygen atoms in total. The number of benzene rings is 1. The molecule has 0 aromatic heterocycles. The minimum Gasteiger partial charge on any atom is -0.341 e. The number of piperazine rings is 1. The molecule has 0 unspecified atom stereocenters. The van der Waals surface area contributed by atoms with Crippen LogP contribution in [0.1, 0.15) is 26.2 Å². The standard InChI is InChI=1S/C18H26ClN3O3S/c1-15(18(23)21-9-3-2-4-10-21)20-11-13-22(14-12-20)26(24,25)17-7-5-16(19)6-8-17/h5-8,15H,2-4,9-14H2,1H3/t15-/m0/s1. The number of halogens is 1. The van der Waals surface area contributed by atoms with E-state index in [9.17, 15) is 13.2 Å². The van der Waals surface area contributed by atoms with Gasteiger partial charge in [0.1, 0.15) is 0 Å². The van der Waals surface area contributed by atoms with Gasteiger partial charge in [-0.1, -0.05) is 11.6 Å². The van der Waals surface area contributed by atoms with Crippen LogP contribution in [0.5, 0.6) is 0 Å². The number of hydrogen-bond acceptors (Lipinski definition) is 4. The summed E-state index contributed by atoms with van der Waals surface area (Å²) in [5.74, 6) is 0.165. The van der Waals surface area contributed by atoms with Crippen molar-refractivity contribution in [2.75, 3.05) is 39.3 Å². The van der Waals surface area contributed by atoms with Gasteiger partial charge in [0.15, 0.2) is 0 Å². The van der Waals surface area contributed by atoms with Gasteiger partial charge in [-0.15, -0.1) is 0 Å². The van der Waals surface area contributed by atoms with Crippen molar-refractivity contribution < 1.29 is 13.2 Å². The number of carbonyl (C=O) groups excluding carboxylic acids is 1. The summed E-state index contributed by atoms with van der Waals surface area (Å²) in [6, 6.07) is 6.04. The van der Waals surface area contributed by atoms with Crippen LogP contribution >= 0.6 is 11.6 Å². The summed E-state index contributed by atoms with van der Waals surface area (Å²) in [6.07, 6.45) is 3.34. The molecule has 2 heterocycles. The number of nitrogens with zero attached hydrogens (tertiary/aromatic N) is 3. The Morgan fingerprint density at radius 3 is 2.12 bits per heavy atom. The topological polar surface area (TPSA) is 60.9 Å². The van der Waals surface area contributed by atoms with E-state index in [1.807, 2.05) is 11.8 Å². The van der Waals surface area contributed by atoms with Crippen molar-refractivity contribution in [3.8, 4) is 0 Å². The minimum absolute atomic E-state index is 0.165. The molecular weight excluding hydrogens is 374 g/mol. The third-order valence-corrected chi connectivity index (χ3v) is 7.46. The lowest BCUT2D eigenvalue weighted by Crippen LogP contribution is -2.55. The van der Waals surface area contributed by atoms with E-state index in [-0.39, 0.29) is 16.8 Å². The predicted octanol–water partition coefficient (Wildman–Crippen LogP) is 2.05. The minimum atomic E-state index is -3.52. The van der Waals surface area contributed by atoms with Crippen LogP contribution in [0.25, 0.3) is 0 Å². The van der Waals surface area contributed by atoms with Gasteiger partial charge in [0.25, 0.3) is 0 Å². The second kappa shape index (κ2) is 8.25. The first-order valence-corrected chi connectivity index (χ1v) is 11.0. The van der Waals surface area contributed by atoms with Gasteiger partial charge in [-0.3, -0.25) is 9.69 Å². The molecule has 1 amide bonds. The highest BCUT2D eigenvalue weighted by Crippen LogP contribution is 2.21. The van der Waals surface area contributed by atoms with Crippen molar-refractivity contribution in [1.82, 2.24) is 14.1 Å². The van der Waals surface area contributed by atoms with E-state index in [2.05, 4.69) is 4.90 Å². The highest BCUT2D eigenvalue weighted by molar-refractivity contribution is 7.89. The van der Waals surface area contributed by atoms with E-state index in [0.29, 0.717) is 31.2 Å². The number of rotatable bonds is 4. The first kappa shape index (κ1) is 19.6. The Morgan fingerprint density at radius 1 is 0.962 bits per heavy atom. The zero-order valence-electron chi connectivity index (χ0n) is 15.1. The van der Waals surface area contributed by atoms with Gasteiger partial charge in [-0.25, -0.2) is 8.42 Å². The van der Waals surface area contributed by atoms with E-state index in [1.165, 1.54) is 22.9 Å². The molecule has 1 aromatic rings. The van der Waals surface area contributed by atoms with Crippen LogP contribution in [0.2, 0.25) is 5.02 Å². The molecule has 0 N–H and O–H groups in total. The average Bonchev–Trinajstić information content (AvgIpc) is 2.68. The molecule has 0 spiro atoms. The number of likely N-dealkylation sites (tertiary alicyclic amines) is 1. The van der Waals surface area contributed by atoms with Crippen molar-refractivity contribution in [3.05, 3.63) is 29.3 Å². The van der Waals surface area contributed by atoms with Crippen molar-refractivity contribution in [3.63, 3.8) is 0 Å². The molecular formula is C18H26ClN3O3S. The molecule has 144 valence electrons. The normalized spacial score (nSPS) is 21.5. The fourth-order valence-corrected chi connectivity index (χ4v) is 5.17. The lowest BCUT2D eigenvalue weighted by molar-refractivity contribution is -0.137. The number of piperidine rings is 1. The second-order valence-corrected chi connectivity index (χ2v) is 9.33. The SMILES string of the molecule is C[C@@H](C(=O)N1CCCCC1)N1CCN(S(=O)(=O)c2ccc(Cl)cc2)CC1. The average molecular weight is 400 g/mol. The van der Waals surface area contributed by atoms with Gasteiger partial charge >= 0.3 is 0 Å². The van der Waals surface area contributed by atoms with Gasteiger partial charge in [0, 0.05) is 44.3 Å².